The summed E-state index contributed by atoms with van der Waals surface area (Å²) in [5, 5.41) is 57.9. The van der Waals surface area contributed by atoms with Crippen molar-refractivity contribution in [2.75, 3.05) is 26.3 Å². The van der Waals surface area contributed by atoms with Gasteiger partial charge in [0.15, 0.2) is 18.4 Å². The number of aliphatic hydroxyl groups is 5. The molecule has 0 aliphatic carbocycles. The van der Waals surface area contributed by atoms with Gasteiger partial charge in [-0.25, -0.2) is 0 Å². The molecule has 11 atom stereocenters. The van der Waals surface area contributed by atoms with E-state index in [1.54, 1.807) is 13.8 Å². The Labute approximate surface area is 269 Å². The van der Waals surface area contributed by atoms with Crippen LogP contribution in [-0.4, -0.2) is 137 Å². The number of hydrogen-bond acceptors (Lipinski definition) is 13. The molecule has 46 heavy (non-hydrogen) atoms. The fourth-order valence-corrected chi connectivity index (χ4v) is 5.12. The number of ketones is 1. The van der Waals surface area contributed by atoms with Crippen molar-refractivity contribution in [2.24, 2.45) is 5.92 Å². The van der Waals surface area contributed by atoms with E-state index in [9.17, 15) is 44.7 Å². The van der Waals surface area contributed by atoms with Crippen LogP contribution in [0.1, 0.15) is 72.6 Å². The number of Topliss-reactive ketones (excluding diaryl/α,β-unsaturated/α-hetero) is 1. The van der Waals surface area contributed by atoms with Gasteiger partial charge in [-0.1, -0.05) is 6.92 Å². The SMILES string of the molecule is CCNC(=O)CCCCC(=O)N[C@@H](CC(=O)NCCO[C@@H]1O[C@@H](C)[C@@H](O)[C@@H](O)[C@@H]1C)C(=O)CCCO[C@@H]1O[C@@H](C)[C@@H](O)[C@@H](O)[C@@H]1O. The second kappa shape index (κ2) is 20.2. The summed E-state index contributed by atoms with van der Waals surface area (Å²) >= 11 is 0. The molecule has 2 aliphatic heterocycles. The molecule has 2 saturated heterocycles. The Bertz CT molecular complexity index is 972. The number of hydrogen-bond donors (Lipinski definition) is 8. The lowest BCUT2D eigenvalue weighted by atomic mass is 9.93. The molecule has 0 saturated carbocycles. The predicted octanol–water partition coefficient (Wildman–Crippen LogP) is -2.01. The minimum Gasteiger partial charge on any atom is -0.390 e. The number of amides is 3. The first-order chi connectivity index (χ1) is 21.8. The lowest BCUT2D eigenvalue weighted by Crippen LogP contribution is -2.57. The van der Waals surface area contributed by atoms with Gasteiger partial charge < -0.3 is 60.4 Å². The molecule has 2 rings (SSSR count). The monoisotopic (exact) mass is 663 g/mol. The van der Waals surface area contributed by atoms with E-state index in [0.29, 0.717) is 19.4 Å². The van der Waals surface area contributed by atoms with Crippen LogP contribution in [0.5, 0.6) is 0 Å². The van der Waals surface area contributed by atoms with Crippen LogP contribution in [0.25, 0.3) is 0 Å². The number of carbonyl (C=O) groups excluding carboxylic acids is 4. The van der Waals surface area contributed by atoms with E-state index in [2.05, 4.69) is 16.0 Å². The van der Waals surface area contributed by atoms with E-state index in [1.165, 1.54) is 6.92 Å². The third-order valence-electron chi connectivity index (χ3n) is 8.06. The van der Waals surface area contributed by atoms with Gasteiger partial charge in [0.25, 0.3) is 0 Å². The summed E-state index contributed by atoms with van der Waals surface area (Å²) in [4.78, 5) is 50.1. The first-order valence-corrected chi connectivity index (χ1v) is 16.1. The highest BCUT2D eigenvalue weighted by atomic mass is 16.7. The Kier molecular flexibility index (Phi) is 17.5. The van der Waals surface area contributed by atoms with Gasteiger partial charge >= 0.3 is 0 Å². The van der Waals surface area contributed by atoms with Crippen LogP contribution in [0, 0.1) is 5.92 Å². The lowest BCUT2D eigenvalue weighted by Gasteiger charge is -2.40. The Morgan fingerprint density at radius 2 is 1.26 bits per heavy atom. The van der Waals surface area contributed by atoms with Crippen LogP contribution in [0.15, 0.2) is 0 Å². The maximum atomic E-state index is 13.1. The Morgan fingerprint density at radius 1 is 0.674 bits per heavy atom. The smallest absolute Gasteiger partial charge is 0.222 e. The fourth-order valence-electron chi connectivity index (χ4n) is 5.12. The van der Waals surface area contributed by atoms with Crippen LogP contribution >= 0.6 is 0 Å². The summed E-state index contributed by atoms with van der Waals surface area (Å²) in [6.45, 7) is 7.18. The summed E-state index contributed by atoms with van der Waals surface area (Å²) in [7, 11) is 0. The minimum atomic E-state index is -1.48. The summed E-state index contributed by atoms with van der Waals surface area (Å²) in [6, 6.07) is -1.13. The van der Waals surface area contributed by atoms with Crippen molar-refractivity contribution < 1.29 is 63.7 Å². The Morgan fingerprint density at radius 3 is 1.91 bits per heavy atom. The van der Waals surface area contributed by atoms with Gasteiger partial charge in [0.2, 0.25) is 17.7 Å². The molecule has 3 amide bonds. The second-order valence-electron chi connectivity index (χ2n) is 11.9. The van der Waals surface area contributed by atoms with Crippen molar-refractivity contribution >= 4 is 23.5 Å². The molecule has 266 valence electrons. The highest BCUT2D eigenvalue weighted by Crippen LogP contribution is 2.26. The van der Waals surface area contributed by atoms with Gasteiger partial charge in [-0.3, -0.25) is 19.2 Å². The molecule has 8 N–H and O–H groups in total. The number of rotatable bonds is 19. The maximum absolute atomic E-state index is 13.1. The van der Waals surface area contributed by atoms with Gasteiger partial charge in [-0.15, -0.1) is 0 Å². The van der Waals surface area contributed by atoms with Crippen molar-refractivity contribution in [2.45, 2.75) is 134 Å². The van der Waals surface area contributed by atoms with E-state index in [4.69, 9.17) is 18.9 Å². The molecule has 2 aliphatic rings. The van der Waals surface area contributed by atoms with Gasteiger partial charge in [0.1, 0.15) is 24.4 Å². The van der Waals surface area contributed by atoms with Gasteiger partial charge in [-0.2, -0.15) is 0 Å². The van der Waals surface area contributed by atoms with Gasteiger partial charge in [0, 0.05) is 38.3 Å². The summed E-state index contributed by atoms with van der Waals surface area (Å²) in [5.41, 5.74) is 0. The molecule has 2 fully saturated rings. The molecule has 0 spiro atoms. The molecular formula is C30H53N3O13. The van der Waals surface area contributed by atoms with E-state index in [-0.39, 0.29) is 57.8 Å². The van der Waals surface area contributed by atoms with E-state index >= 15 is 0 Å². The van der Waals surface area contributed by atoms with Gasteiger partial charge in [-0.05, 0) is 40.0 Å². The highest BCUT2D eigenvalue weighted by Gasteiger charge is 2.42. The van der Waals surface area contributed by atoms with Gasteiger partial charge in [0.05, 0.1) is 44.0 Å². The molecule has 0 radical (unpaired) electrons. The zero-order valence-electron chi connectivity index (χ0n) is 27.1. The van der Waals surface area contributed by atoms with Crippen LogP contribution in [-0.2, 0) is 38.1 Å². The molecule has 0 bridgehead atoms. The zero-order chi connectivity index (χ0) is 34.4. The zero-order valence-corrected chi connectivity index (χ0v) is 27.1. The lowest BCUT2D eigenvalue weighted by molar-refractivity contribution is -0.293. The third-order valence-corrected chi connectivity index (χ3v) is 8.06. The van der Waals surface area contributed by atoms with Crippen molar-refractivity contribution in [1.29, 1.82) is 0 Å². The Hall–Kier alpha value is -2.28. The molecule has 0 aromatic heterocycles. The molecular weight excluding hydrogens is 610 g/mol. The second-order valence-corrected chi connectivity index (χ2v) is 11.9. The van der Waals surface area contributed by atoms with Crippen LogP contribution < -0.4 is 16.0 Å². The molecule has 0 aromatic carbocycles. The summed E-state index contributed by atoms with van der Waals surface area (Å²) in [5.74, 6) is -2.00. The number of ether oxygens (including phenoxy) is 4. The average molecular weight is 664 g/mol. The molecule has 0 unspecified atom stereocenters. The number of unbranched alkanes of at least 4 members (excludes halogenated alkanes) is 1. The summed E-state index contributed by atoms with van der Waals surface area (Å²) < 4.78 is 22.1. The fraction of sp³-hybridized carbons (Fsp3) is 0.867. The quantitative estimate of drug-likeness (QED) is 0.0698. The van der Waals surface area contributed by atoms with Crippen LogP contribution in [0.2, 0.25) is 0 Å². The highest BCUT2D eigenvalue weighted by molar-refractivity contribution is 5.93. The van der Waals surface area contributed by atoms with E-state index in [0.717, 1.165) is 0 Å². The minimum absolute atomic E-state index is 0.0314. The molecule has 2 heterocycles. The van der Waals surface area contributed by atoms with Crippen LogP contribution in [0.4, 0.5) is 0 Å². The normalized spacial score (nSPS) is 31.9. The van der Waals surface area contributed by atoms with Crippen LogP contribution in [0.3, 0.4) is 0 Å². The third kappa shape index (κ3) is 12.7. The Balaban J connectivity index is 1.85. The molecule has 16 nitrogen and oxygen atoms in total. The van der Waals surface area contributed by atoms with Crippen molar-refractivity contribution in [3.8, 4) is 0 Å². The van der Waals surface area contributed by atoms with E-state index in [1.807, 2.05) is 6.92 Å². The first kappa shape index (κ1) is 39.9. The average Bonchev–Trinajstić information content (AvgIpc) is 3.01. The van der Waals surface area contributed by atoms with E-state index < -0.39 is 84.9 Å². The number of carbonyl (C=O) groups is 4. The maximum Gasteiger partial charge on any atom is 0.222 e. The predicted molar refractivity (Wildman–Crippen MR) is 161 cm³/mol. The number of nitrogens with one attached hydrogen (secondary N) is 3. The summed E-state index contributed by atoms with van der Waals surface area (Å²) in [6.07, 6.45) is -8.73. The van der Waals surface area contributed by atoms with Crippen molar-refractivity contribution in [3.63, 3.8) is 0 Å². The van der Waals surface area contributed by atoms with Crippen molar-refractivity contribution in [3.05, 3.63) is 0 Å². The number of aliphatic hydroxyl groups excluding tert-OH is 5. The molecule has 16 heteroatoms. The first-order valence-electron chi connectivity index (χ1n) is 16.1. The molecule has 0 aromatic rings. The van der Waals surface area contributed by atoms with Crippen molar-refractivity contribution in [1.82, 2.24) is 16.0 Å². The largest absolute Gasteiger partial charge is 0.390 e. The standard InChI is InChI=1S/C30H53N3O13/c1-5-31-21(35)10-6-7-11-22(36)33-19(20(34)9-8-13-43-30-28(42)27(41)26(40)18(4)46-30)15-23(37)32-12-14-44-29-16(2)24(38)25(39)17(3)45-29/h16-19,24-30,38-42H,5-15H2,1-4H3,(H,31,35)(H,32,37)(H,33,36)/t16-,17-,18-,19-,24-,25+,26+,27+,28-,29+,30+/m0/s1. The topological polar surface area (TPSA) is 242 Å².